The van der Waals surface area contributed by atoms with E-state index in [1.807, 2.05) is 38.1 Å². The van der Waals surface area contributed by atoms with Crippen molar-refractivity contribution in [2.45, 2.75) is 32.9 Å². The number of carbonyl (C=O) groups excluding carboxylic acids is 2. The molecule has 0 atom stereocenters. The number of hydrogen-bond donors (Lipinski definition) is 1. The second-order valence-corrected chi connectivity index (χ2v) is 6.57. The normalized spacial score (nSPS) is 11.8. The second kappa shape index (κ2) is 8.06. The average Bonchev–Trinajstić information content (AvgIpc) is 3.03. The number of aromatic nitrogens is 3. The van der Waals surface area contributed by atoms with Crippen LogP contribution in [0, 0.1) is 13.8 Å². The highest BCUT2D eigenvalue weighted by Gasteiger charge is 2.27. The lowest BCUT2D eigenvalue weighted by molar-refractivity contribution is -0.151. The molecule has 2 aromatic heterocycles. The van der Waals surface area contributed by atoms with E-state index in [4.69, 9.17) is 4.74 Å². The Bertz CT molecular complexity index is 1080. The molecule has 0 saturated heterocycles. The number of aryl methyl sites for hydroxylation is 2. The number of hydrogen-bond acceptors (Lipinski definition) is 5. The number of carbonyl (C=O) groups is 2. The van der Waals surface area contributed by atoms with Crippen LogP contribution in [0.4, 0.5) is 13.2 Å². The topological polar surface area (TPSA) is 85.6 Å². The molecular formula is C19H19F3N4O3. The minimum absolute atomic E-state index is 0.0395. The van der Waals surface area contributed by atoms with Crippen molar-refractivity contribution in [2.24, 2.45) is 0 Å². The number of halogens is 3. The first-order valence-electron chi connectivity index (χ1n) is 8.88. The zero-order valence-electron chi connectivity index (χ0n) is 15.8. The van der Waals surface area contributed by atoms with Crippen LogP contribution < -0.4 is 5.32 Å². The van der Waals surface area contributed by atoms with Crippen LogP contribution in [0.25, 0.3) is 16.6 Å². The quantitative estimate of drug-likeness (QED) is 0.634. The fraction of sp³-hybridized carbons (Fsp3) is 0.368. The van der Waals surface area contributed by atoms with Crippen LogP contribution in [0.3, 0.4) is 0 Å². The fourth-order valence-corrected chi connectivity index (χ4v) is 3.03. The van der Waals surface area contributed by atoms with Crippen molar-refractivity contribution in [3.05, 3.63) is 41.2 Å². The van der Waals surface area contributed by atoms with E-state index in [0.717, 1.165) is 33.5 Å². The molecule has 0 radical (unpaired) electrons. The van der Waals surface area contributed by atoms with Gasteiger partial charge in [-0.2, -0.15) is 18.3 Å². The van der Waals surface area contributed by atoms with Gasteiger partial charge in [0.25, 0.3) is 5.91 Å². The number of nitrogens with one attached hydrogen (secondary N) is 1. The van der Waals surface area contributed by atoms with Crippen LogP contribution in [0.2, 0.25) is 0 Å². The zero-order valence-corrected chi connectivity index (χ0v) is 15.8. The smallest absolute Gasteiger partial charge is 0.405 e. The van der Waals surface area contributed by atoms with E-state index in [0.29, 0.717) is 6.42 Å². The number of benzene rings is 1. The third kappa shape index (κ3) is 4.82. The molecular weight excluding hydrogens is 389 g/mol. The molecule has 0 aliphatic rings. The van der Waals surface area contributed by atoms with Crippen molar-refractivity contribution in [1.82, 2.24) is 19.9 Å². The van der Waals surface area contributed by atoms with Gasteiger partial charge >= 0.3 is 12.1 Å². The monoisotopic (exact) mass is 408 g/mol. The van der Waals surface area contributed by atoms with Gasteiger partial charge in [-0.3, -0.25) is 9.59 Å². The first-order valence-corrected chi connectivity index (χ1v) is 8.88. The number of nitrogens with zero attached hydrogens (tertiary/aromatic N) is 3. The Balaban J connectivity index is 1.64. The third-order valence-electron chi connectivity index (χ3n) is 4.45. The number of ether oxygens (including phenoxy) is 1. The summed E-state index contributed by atoms with van der Waals surface area (Å²) in [4.78, 5) is 27.8. The van der Waals surface area contributed by atoms with E-state index in [1.165, 1.54) is 0 Å². The molecule has 2 heterocycles. The molecule has 0 unspecified atom stereocenters. The van der Waals surface area contributed by atoms with Crippen LogP contribution in [-0.4, -0.2) is 45.8 Å². The van der Waals surface area contributed by atoms with Crippen LogP contribution in [-0.2, 0) is 20.7 Å². The van der Waals surface area contributed by atoms with Crippen molar-refractivity contribution in [2.75, 3.05) is 13.2 Å². The zero-order chi connectivity index (χ0) is 21.2. The molecule has 3 rings (SSSR count). The first-order chi connectivity index (χ1) is 13.7. The summed E-state index contributed by atoms with van der Waals surface area (Å²) in [6.45, 7) is 1.49. The maximum Gasteiger partial charge on any atom is 0.405 e. The summed E-state index contributed by atoms with van der Waals surface area (Å²) < 4.78 is 42.6. The maximum absolute atomic E-state index is 12.0. The van der Waals surface area contributed by atoms with Gasteiger partial charge in [0.05, 0.1) is 5.52 Å². The molecule has 10 heteroatoms. The molecule has 0 aliphatic carbocycles. The van der Waals surface area contributed by atoms with E-state index in [9.17, 15) is 22.8 Å². The van der Waals surface area contributed by atoms with E-state index in [1.54, 1.807) is 9.83 Å². The van der Waals surface area contributed by atoms with Gasteiger partial charge in [0.2, 0.25) is 0 Å². The van der Waals surface area contributed by atoms with Crippen LogP contribution >= 0.6 is 0 Å². The Labute approximate surface area is 163 Å². The SMILES string of the molecule is Cc1nc2c3ccccc3nn2c(C)c1CCC(=O)OCC(=O)NCC(F)(F)F. The molecule has 0 saturated carbocycles. The lowest BCUT2D eigenvalue weighted by Crippen LogP contribution is -2.36. The van der Waals surface area contributed by atoms with Crippen molar-refractivity contribution >= 4 is 28.4 Å². The van der Waals surface area contributed by atoms with Crippen molar-refractivity contribution in [3.8, 4) is 0 Å². The molecule has 0 spiro atoms. The van der Waals surface area contributed by atoms with E-state index < -0.39 is 31.2 Å². The minimum Gasteiger partial charge on any atom is -0.456 e. The predicted octanol–water partition coefficient (Wildman–Crippen LogP) is 2.65. The average molecular weight is 408 g/mol. The molecule has 7 nitrogen and oxygen atoms in total. The van der Waals surface area contributed by atoms with Crippen LogP contribution in [0.1, 0.15) is 23.4 Å². The summed E-state index contributed by atoms with van der Waals surface area (Å²) in [6, 6.07) is 7.62. The largest absolute Gasteiger partial charge is 0.456 e. The molecule has 1 aromatic carbocycles. The summed E-state index contributed by atoms with van der Waals surface area (Å²) in [7, 11) is 0. The Morgan fingerprint density at radius 3 is 2.66 bits per heavy atom. The molecule has 0 aliphatic heterocycles. The summed E-state index contributed by atoms with van der Waals surface area (Å²) in [5.41, 5.74) is 3.94. The van der Waals surface area contributed by atoms with Gasteiger partial charge in [0.15, 0.2) is 12.3 Å². The van der Waals surface area contributed by atoms with Crippen molar-refractivity contribution in [3.63, 3.8) is 0 Å². The third-order valence-corrected chi connectivity index (χ3v) is 4.45. The van der Waals surface area contributed by atoms with Crippen molar-refractivity contribution in [1.29, 1.82) is 0 Å². The summed E-state index contributed by atoms with van der Waals surface area (Å²) in [5.74, 6) is -1.69. The van der Waals surface area contributed by atoms with Gasteiger partial charge in [-0.1, -0.05) is 12.1 Å². The highest BCUT2D eigenvalue weighted by molar-refractivity contribution is 5.92. The molecule has 0 fully saturated rings. The number of rotatable bonds is 6. The standard InChI is InChI=1S/C19H19F3N4O3/c1-11-13(7-8-17(28)29-9-16(27)23-10-19(20,21)22)12(2)26-18(24-11)14-5-3-4-6-15(14)25-26/h3-6H,7-10H2,1-2H3,(H,23,27). The number of alkyl halides is 3. The van der Waals surface area contributed by atoms with Crippen molar-refractivity contribution < 1.29 is 27.5 Å². The van der Waals surface area contributed by atoms with Gasteiger partial charge in [-0.25, -0.2) is 9.50 Å². The fourth-order valence-electron chi connectivity index (χ4n) is 3.03. The highest BCUT2D eigenvalue weighted by Crippen LogP contribution is 2.23. The molecule has 0 bridgehead atoms. The van der Waals surface area contributed by atoms with Crippen LogP contribution in [0.15, 0.2) is 24.3 Å². The Kier molecular flexibility index (Phi) is 5.71. The number of fused-ring (bicyclic) bond motifs is 3. The van der Waals surface area contributed by atoms with Gasteiger partial charge in [-0.05, 0) is 38.0 Å². The minimum atomic E-state index is -4.52. The maximum atomic E-state index is 12.0. The van der Waals surface area contributed by atoms with Gasteiger partial charge in [-0.15, -0.1) is 0 Å². The number of esters is 1. The van der Waals surface area contributed by atoms with E-state index in [2.05, 4.69) is 10.1 Å². The lowest BCUT2D eigenvalue weighted by atomic mass is 10.1. The predicted molar refractivity (Wildman–Crippen MR) is 98.3 cm³/mol. The summed E-state index contributed by atoms with van der Waals surface area (Å²) in [5, 5.41) is 7.10. The second-order valence-electron chi connectivity index (χ2n) is 6.57. The molecule has 1 amide bonds. The van der Waals surface area contributed by atoms with Gasteiger partial charge in [0, 0.05) is 23.2 Å². The Hall–Kier alpha value is -3.17. The molecule has 29 heavy (non-hydrogen) atoms. The Morgan fingerprint density at radius 1 is 1.21 bits per heavy atom. The van der Waals surface area contributed by atoms with Gasteiger partial charge in [0.1, 0.15) is 6.54 Å². The van der Waals surface area contributed by atoms with E-state index in [-0.39, 0.29) is 6.42 Å². The highest BCUT2D eigenvalue weighted by atomic mass is 19.4. The first kappa shape index (κ1) is 20.6. The molecule has 3 aromatic rings. The van der Waals surface area contributed by atoms with Gasteiger partial charge < -0.3 is 10.1 Å². The van der Waals surface area contributed by atoms with Crippen LogP contribution in [0.5, 0.6) is 0 Å². The summed E-state index contributed by atoms with van der Waals surface area (Å²) in [6.07, 6.45) is -4.25. The Morgan fingerprint density at radius 2 is 1.93 bits per heavy atom. The molecule has 1 N–H and O–H groups in total. The lowest BCUT2D eigenvalue weighted by Gasteiger charge is -2.11. The molecule has 154 valence electrons. The summed E-state index contributed by atoms with van der Waals surface area (Å²) >= 11 is 0. The van der Waals surface area contributed by atoms with E-state index >= 15 is 0 Å². The number of amides is 1.